The second-order valence-electron chi connectivity index (χ2n) is 3.07. The first-order chi connectivity index (χ1) is 3.41. The van der Waals surface area contributed by atoms with Crippen molar-refractivity contribution < 1.29 is 0 Å². The molecule has 0 saturated carbocycles. The van der Waals surface area contributed by atoms with Gasteiger partial charge in [-0.25, -0.2) is 0 Å². The van der Waals surface area contributed by atoms with E-state index in [1.54, 1.807) is 0 Å². The summed E-state index contributed by atoms with van der Waals surface area (Å²) in [6, 6.07) is 0. The van der Waals surface area contributed by atoms with Crippen molar-refractivity contribution in [2.45, 2.75) is 26.2 Å². The molecule has 0 heterocycles. The fraction of sp³-hybridized carbons (Fsp3) is 1.00. The smallest absolute Gasteiger partial charge is 0.194 e. The molecular formula is C4H12NO2Si. The molecule has 0 aromatic heterocycles. The summed E-state index contributed by atoms with van der Waals surface area (Å²) in [4.78, 5) is 8.00. The Morgan fingerprint density at radius 1 is 1.25 bits per heavy atom. The van der Waals surface area contributed by atoms with Crippen LogP contribution in [0, 0.1) is 10.1 Å². The molecule has 49 valence electrons. The van der Waals surface area contributed by atoms with Crippen LogP contribution in [0.5, 0.6) is 0 Å². The molecule has 0 atom stereocenters. The minimum atomic E-state index is -0.611. The summed E-state index contributed by atoms with van der Waals surface area (Å²) in [5.74, 6) is 0. The molecule has 0 rings (SSSR count). The largest absolute Gasteiger partial charge is 0.387 e. The van der Waals surface area contributed by atoms with Crippen molar-refractivity contribution in [1.29, 1.82) is 0 Å². The Morgan fingerprint density at radius 3 is 1.25 bits per heavy atom. The lowest BCUT2D eigenvalue weighted by Crippen LogP contribution is -2.10. The van der Waals surface area contributed by atoms with E-state index in [0.29, 0.717) is 0 Å². The summed E-state index contributed by atoms with van der Waals surface area (Å²) in [6.07, 6.45) is 0. The van der Waals surface area contributed by atoms with Crippen molar-refractivity contribution in [1.82, 2.24) is 5.34 Å². The van der Waals surface area contributed by atoms with E-state index in [2.05, 4.69) is 26.2 Å². The first-order valence-electron chi connectivity index (χ1n) is 2.37. The Morgan fingerprint density at radius 2 is 1.25 bits per heavy atom. The maximum absolute atomic E-state index is 8.00. The lowest BCUT2D eigenvalue weighted by molar-refractivity contribution is 1.38. The van der Waals surface area contributed by atoms with Gasteiger partial charge in [0.15, 0.2) is 0 Å². The number of rotatable bonds is 0. The molecule has 0 N–H and O–H groups in total. The third-order valence-corrected chi connectivity index (χ3v) is 0. The predicted molar refractivity (Wildman–Crippen MR) is 38.1 cm³/mol. The molecule has 4 heteroatoms. The first-order valence-corrected chi connectivity index (χ1v) is 6.37. The topological polar surface area (TPSA) is 54.2 Å². The van der Waals surface area contributed by atoms with Crippen LogP contribution in [0.25, 0.3) is 0 Å². The summed E-state index contributed by atoms with van der Waals surface area (Å²) in [6.45, 7) is 9.31. The van der Waals surface area contributed by atoms with Crippen LogP contribution in [0.15, 0.2) is 0 Å². The zero-order chi connectivity index (χ0) is 7.21. The second-order valence-corrected chi connectivity index (χ2v) is 9.07. The lowest BCUT2D eigenvalue weighted by atomic mass is 11.8. The van der Waals surface area contributed by atoms with Gasteiger partial charge in [-0.05, 0) is 0 Å². The van der Waals surface area contributed by atoms with E-state index >= 15 is 0 Å². The molecule has 1 radical (unpaired) electrons. The fourth-order valence-electron chi connectivity index (χ4n) is 0. The third kappa shape index (κ3) is 816. The zero-order valence-electron chi connectivity index (χ0n) is 5.76. The Balaban J connectivity index is 0. The van der Waals surface area contributed by atoms with Crippen LogP contribution in [0.1, 0.15) is 0 Å². The Kier molecular flexibility index (Phi) is 6.30. The van der Waals surface area contributed by atoms with Crippen LogP contribution >= 0.6 is 0 Å². The van der Waals surface area contributed by atoms with Crippen molar-refractivity contribution in [3.63, 3.8) is 0 Å². The van der Waals surface area contributed by atoms with E-state index in [0.717, 1.165) is 5.34 Å². The van der Waals surface area contributed by atoms with Gasteiger partial charge in [0.05, 0.1) is 0 Å². The van der Waals surface area contributed by atoms with E-state index in [4.69, 9.17) is 10.1 Å². The summed E-state index contributed by atoms with van der Waals surface area (Å²) >= 11 is 0. The van der Waals surface area contributed by atoms with Gasteiger partial charge in [0, 0.05) is 8.07 Å². The molecule has 8 heavy (non-hydrogen) atoms. The highest BCUT2D eigenvalue weighted by molar-refractivity contribution is 6.74. The molecule has 0 saturated heterocycles. The average molecular weight is 134 g/mol. The monoisotopic (exact) mass is 134 g/mol. The number of nitrogens with zero attached hydrogens (tertiary/aromatic N) is 1. The molecule has 0 amide bonds. The maximum atomic E-state index is 8.00. The minimum absolute atomic E-state index is 0.611. The van der Waals surface area contributed by atoms with Crippen LogP contribution in [0.4, 0.5) is 0 Å². The Bertz CT molecular complexity index is 53.5. The fourth-order valence-corrected chi connectivity index (χ4v) is 0. The quantitative estimate of drug-likeness (QED) is 0.286. The molecule has 0 aliphatic rings. The van der Waals surface area contributed by atoms with Crippen molar-refractivity contribution in [2.75, 3.05) is 0 Å². The standard InChI is InChI=1S/C4H12Si.NO2/c1-5(2,3)4;2-1-3/h1-4H3;. The van der Waals surface area contributed by atoms with Crippen molar-refractivity contribution in [3.05, 3.63) is 10.1 Å². The van der Waals surface area contributed by atoms with Gasteiger partial charge >= 0.3 is 5.34 Å². The molecule has 0 aliphatic heterocycles. The van der Waals surface area contributed by atoms with Crippen LogP contribution in [0.2, 0.25) is 26.2 Å². The van der Waals surface area contributed by atoms with Crippen LogP contribution in [-0.4, -0.2) is 8.07 Å². The summed E-state index contributed by atoms with van der Waals surface area (Å²) in [5, 5.41) is 9.00. The van der Waals surface area contributed by atoms with Gasteiger partial charge in [-0.15, -0.1) is 0 Å². The normalized spacial score (nSPS) is 9.00. The van der Waals surface area contributed by atoms with Crippen LogP contribution in [0.3, 0.4) is 0 Å². The molecule has 0 fully saturated rings. The molecule has 0 aliphatic carbocycles. The predicted octanol–water partition coefficient (Wildman–Crippen LogP) is 1.54. The minimum Gasteiger partial charge on any atom is -0.194 e. The van der Waals surface area contributed by atoms with Crippen LogP contribution < -0.4 is 5.34 Å². The summed E-state index contributed by atoms with van der Waals surface area (Å²) in [5.41, 5.74) is 0. The highest BCUT2D eigenvalue weighted by atomic mass is 28.3. The second kappa shape index (κ2) is 4.77. The highest BCUT2D eigenvalue weighted by Gasteiger charge is 1.99. The van der Waals surface area contributed by atoms with Gasteiger partial charge in [0.25, 0.3) is 0 Å². The molecule has 0 bridgehead atoms. The van der Waals surface area contributed by atoms with Gasteiger partial charge in [-0.3, -0.25) is 0 Å². The molecular weight excluding hydrogens is 122 g/mol. The van der Waals surface area contributed by atoms with Crippen molar-refractivity contribution in [2.24, 2.45) is 0 Å². The van der Waals surface area contributed by atoms with Gasteiger partial charge < -0.3 is 0 Å². The van der Waals surface area contributed by atoms with E-state index in [1.807, 2.05) is 0 Å². The average Bonchev–Trinajstić information content (AvgIpc) is 1.27. The highest BCUT2D eigenvalue weighted by Crippen LogP contribution is 1.94. The summed E-state index contributed by atoms with van der Waals surface area (Å²) in [7, 11) is -0.611. The Labute approximate surface area is 50.7 Å². The lowest BCUT2D eigenvalue weighted by Gasteiger charge is -2.01. The van der Waals surface area contributed by atoms with Crippen LogP contribution in [-0.2, 0) is 0 Å². The number of hydrogen-bond acceptors (Lipinski definition) is 3. The van der Waals surface area contributed by atoms with Gasteiger partial charge in [0.2, 0.25) is 0 Å². The van der Waals surface area contributed by atoms with Gasteiger partial charge in [-0.1, -0.05) is 26.2 Å². The number of hydrogen-bond donors (Lipinski definition) is 0. The molecule has 3 nitrogen and oxygen atoms in total. The Hall–Kier alpha value is -0.383. The molecule has 0 aromatic rings. The SMILES string of the molecule is C[Si](C)(C)C.O=[N+][O-]. The van der Waals surface area contributed by atoms with E-state index in [-0.39, 0.29) is 0 Å². The van der Waals surface area contributed by atoms with E-state index in [1.165, 1.54) is 0 Å². The first kappa shape index (κ1) is 10.6. The van der Waals surface area contributed by atoms with Crippen molar-refractivity contribution >= 4 is 8.07 Å². The molecule has 0 aromatic carbocycles. The summed E-state index contributed by atoms with van der Waals surface area (Å²) < 4.78 is 0. The molecule has 0 unspecified atom stereocenters. The van der Waals surface area contributed by atoms with E-state index in [9.17, 15) is 0 Å². The van der Waals surface area contributed by atoms with Crippen molar-refractivity contribution in [3.8, 4) is 0 Å². The van der Waals surface area contributed by atoms with Gasteiger partial charge in [0.1, 0.15) is 0 Å². The van der Waals surface area contributed by atoms with E-state index < -0.39 is 8.07 Å². The molecule has 0 spiro atoms. The zero-order valence-corrected chi connectivity index (χ0v) is 6.76. The third-order valence-electron chi connectivity index (χ3n) is 0. The maximum Gasteiger partial charge on any atom is 0.387 e. The van der Waals surface area contributed by atoms with Gasteiger partial charge in [-0.2, -0.15) is 10.1 Å².